The predicted octanol–water partition coefficient (Wildman–Crippen LogP) is 1.15. The van der Waals surface area contributed by atoms with Crippen molar-refractivity contribution in [2.24, 2.45) is 0 Å². The molecule has 0 aliphatic carbocycles. The standard InChI is InChI=1S/C13H16BrF2NO2/c14-9-5-11(15)13(12(16)6-9)19-8-10(18)7-17-3-1-2-4-17/h5-6,10,18H,1-4,7-8H2/p+1. The summed E-state index contributed by atoms with van der Waals surface area (Å²) in [6, 6.07) is 2.27. The van der Waals surface area contributed by atoms with Crippen molar-refractivity contribution in [1.82, 2.24) is 0 Å². The molecule has 0 saturated carbocycles. The summed E-state index contributed by atoms with van der Waals surface area (Å²) < 4.78 is 32.3. The second-order valence-electron chi connectivity index (χ2n) is 4.82. The molecule has 106 valence electrons. The maximum atomic E-state index is 13.5. The number of hydrogen-bond donors (Lipinski definition) is 2. The number of rotatable bonds is 5. The minimum absolute atomic E-state index is 0.0982. The minimum Gasteiger partial charge on any atom is -0.485 e. The Balaban J connectivity index is 1.87. The Hall–Kier alpha value is -0.720. The van der Waals surface area contributed by atoms with Crippen LogP contribution in [0.1, 0.15) is 12.8 Å². The van der Waals surface area contributed by atoms with Crippen LogP contribution in [0, 0.1) is 11.6 Å². The fourth-order valence-electron chi connectivity index (χ4n) is 2.32. The molecule has 0 aromatic heterocycles. The van der Waals surface area contributed by atoms with Crippen LogP contribution in [-0.2, 0) is 0 Å². The summed E-state index contributed by atoms with van der Waals surface area (Å²) >= 11 is 3.00. The number of aliphatic hydroxyl groups excluding tert-OH is 1. The summed E-state index contributed by atoms with van der Waals surface area (Å²) in [5, 5.41) is 9.81. The molecular weight excluding hydrogens is 320 g/mol. The van der Waals surface area contributed by atoms with Crippen molar-refractivity contribution in [3.63, 3.8) is 0 Å². The molecule has 1 aliphatic heterocycles. The number of nitrogens with one attached hydrogen (secondary N) is 1. The zero-order valence-electron chi connectivity index (χ0n) is 10.5. The van der Waals surface area contributed by atoms with Crippen LogP contribution in [0.25, 0.3) is 0 Å². The molecule has 1 fully saturated rings. The van der Waals surface area contributed by atoms with Crippen molar-refractivity contribution in [1.29, 1.82) is 0 Å². The molecule has 1 saturated heterocycles. The maximum Gasteiger partial charge on any atom is 0.190 e. The van der Waals surface area contributed by atoms with Gasteiger partial charge in [0.2, 0.25) is 0 Å². The molecule has 0 amide bonds. The molecule has 2 N–H and O–H groups in total. The van der Waals surface area contributed by atoms with E-state index < -0.39 is 23.5 Å². The van der Waals surface area contributed by atoms with Gasteiger partial charge in [0.15, 0.2) is 17.4 Å². The van der Waals surface area contributed by atoms with E-state index in [-0.39, 0.29) is 6.61 Å². The summed E-state index contributed by atoms with van der Waals surface area (Å²) in [5.41, 5.74) is 0. The van der Waals surface area contributed by atoms with Crippen molar-refractivity contribution in [3.8, 4) is 5.75 Å². The lowest BCUT2D eigenvalue weighted by molar-refractivity contribution is -0.890. The van der Waals surface area contributed by atoms with Gasteiger partial charge in [-0.1, -0.05) is 15.9 Å². The highest BCUT2D eigenvalue weighted by atomic mass is 79.9. The Morgan fingerprint density at radius 1 is 1.26 bits per heavy atom. The molecule has 1 heterocycles. The summed E-state index contributed by atoms with van der Waals surface area (Å²) in [7, 11) is 0. The SMILES string of the molecule is OC(COc1c(F)cc(Br)cc1F)C[NH+]1CCCC1. The molecule has 1 unspecified atom stereocenters. The van der Waals surface area contributed by atoms with Gasteiger partial charge in [0, 0.05) is 17.3 Å². The predicted molar refractivity (Wildman–Crippen MR) is 70.4 cm³/mol. The average molecular weight is 337 g/mol. The van der Waals surface area contributed by atoms with Gasteiger partial charge in [-0.25, -0.2) is 8.78 Å². The van der Waals surface area contributed by atoms with Gasteiger partial charge in [-0.2, -0.15) is 0 Å². The largest absolute Gasteiger partial charge is 0.485 e. The van der Waals surface area contributed by atoms with Gasteiger partial charge in [-0.3, -0.25) is 0 Å². The molecule has 1 atom stereocenters. The Morgan fingerprint density at radius 2 is 1.84 bits per heavy atom. The van der Waals surface area contributed by atoms with Crippen LogP contribution in [-0.4, -0.2) is 37.5 Å². The maximum absolute atomic E-state index is 13.5. The van der Waals surface area contributed by atoms with Crippen molar-refractivity contribution in [2.45, 2.75) is 18.9 Å². The summed E-state index contributed by atoms with van der Waals surface area (Å²) in [5.74, 6) is -1.97. The molecule has 1 aliphatic rings. The van der Waals surface area contributed by atoms with E-state index in [2.05, 4.69) is 15.9 Å². The van der Waals surface area contributed by atoms with Gasteiger partial charge < -0.3 is 14.7 Å². The normalized spacial score (nSPS) is 17.7. The highest BCUT2D eigenvalue weighted by molar-refractivity contribution is 9.10. The third-order valence-electron chi connectivity index (χ3n) is 3.22. The highest BCUT2D eigenvalue weighted by Crippen LogP contribution is 2.25. The van der Waals surface area contributed by atoms with Gasteiger partial charge in [-0.15, -0.1) is 0 Å². The van der Waals surface area contributed by atoms with Crippen LogP contribution < -0.4 is 9.64 Å². The smallest absolute Gasteiger partial charge is 0.190 e. The fraction of sp³-hybridized carbons (Fsp3) is 0.538. The zero-order valence-corrected chi connectivity index (χ0v) is 12.1. The molecule has 6 heteroatoms. The zero-order chi connectivity index (χ0) is 13.8. The number of halogens is 3. The van der Waals surface area contributed by atoms with Crippen molar-refractivity contribution in [2.75, 3.05) is 26.2 Å². The molecule has 0 bridgehead atoms. The first kappa shape index (κ1) is 14.7. The van der Waals surface area contributed by atoms with E-state index in [1.54, 1.807) is 0 Å². The number of benzene rings is 1. The van der Waals surface area contributed by atoms with Gasteiger partial charge >= 0.3 is 0 Å². The molecule has 19 heavy (non-hydrogen) atoms. The second kappa shape index (κ2) is 6.63. The van der Waals surface area contributed by atoms with Crippen LogP contribution >= 0.6 is 15.9 Å². The Kier molecular flexibility index (Phi) is 5.13. The van der Waals surface area contributed by atoms with Crippen LogP contribution in [0.5, 0.6) is 5.75 Å². The van der Waals surface area contributed by atoms with E-state index in [4.69, 9.17) is 4.74 Å². The van der Waals surface area contributed by atoms with Crippen molar-refractivity contribution < 1.29 is 23.5 Å². The van der Waals surface area contributed by atoms with E-state index in [9.17, 15) is 13.9 Å². The first-order chi connectivity index (χ1) is 9.06. The monoisotopic (exact) mass is 336 g/mol. The molecule has 1 aromatic rings. The topological polar surface area (TPSA) is 33.9 Å². The minimum atomic E-state index is -0.771. The second-order valence-corrected chi connectivity index (χ2v) is 5.74. The summed E-state index contributed by atoms with van der Waals surface area (Å²) in [6.45, 7) is 2.54. The van der Waals surface area contributed by atoms with Gasteiger partial charge in [0.25, 0.3) is 0 Å². The van der Waals surface area contributed by atoms with E-state index >= 15 is 0 Å². The molecule has 0 radical (unpaired) electrons. The van der Waals surface area contributed by atoms with E-state index in [0.717, 1.165) is 25.2 Å². The van der Waals surface area contributed by atoms with E-state index in [0.29, 0.717) is 11.0 Å². The van der Waals surface area contributed by atoms with Crippen LogP contribution in [0.2, 0.25) is 0 Å². The Bertz CT molecular complexity index is 416. The first-order valence-electron chi connectivity index (χ1n) is 6.35. The number of hydrogen-bond acceptors (Lipinski definition) is 2. The van der Waals surface area contributed by atoms with Gasteiger partial charge in [-0.05, 0) is 12.1 Å². The summed E-state index contributed by atoms with van der Waals surface area (Å²) in [4.78, 5) is 1.31. The summed E-state index contributed by atoms with van der Waals surface area (Å²) in [6.07, 6.45) is 1.62. The average Bonchev–Trinajstić information content (AvgIpc) is 2.80. The first-order valence-corrected chi connectivity index (χ1v) is 7.14. The van der Waals surface area contributed by atoms with Crippen LogP contribution in [0.15, 0.2) is 16.6 Å². The van der Waals surface area contributed by atoms with Gasteiger partial charge in [0.05, 0.1) is 13.1 Å². The number of aliphatic hydroxyl groups is 1. The highest BCUT2D eigenvalue weighted by Gasteiger charge is 2.21. The lowest BCUT2D eigenvalue weighted by Crippen LogP contribution is -3.11. The van der Waals surface area contributed by atoms with Crippen LogP contribution in [0.3, 0.4) is 0 Å². The van der Waals surface area contributed by atoms with Gasteiger partial charge in [0.1, 0.15) is 19.3 Å². The molecular formula is C13H17BrF2NO2+. The number of quaternary nitrogens is 1. The Labute approximate surface area is 119 Å². The Morgan fingerprint density at radius 3 is 2.42 bits per heavy atom. The molecule has 2 rings (SSSR count). The quantitative estimate of drug-likeness (QED) is 0.845. The lowest BCUT2D eigenvalue weighted by atomic mass is 10.3. The molecule has 0 spiro atoms. The van der Waals surface area contributed by atoms with Crippen LogP contribution in [0.4, 0.5) is 8.78 Å². The third kappa shape index (κ3) is 4.12. The number of likely N-dealkylation sites (tertiary alicyclic amines) is 1. The molecule has 3 nitrogen and oxygen atoms in total. The van der Waals surface area contributed by atoms with Crippen molar-refractivity contribution >= 4 is 15.9 Å². The third-order valence-corrected chi connectivity index (χ3v) is 3.68. The fourth-order valence-corrected chi connectivity index (χ4v) is 2.72. The van der Waals surface area contributed by atoms with E-state index in [1.807, 2.05) is 0 Å². The van der Waals surface area contributed by atoms with E-state index in [1.165, 1.54) is 17.7 Å². The number of ether oxygens (including phenoxy) is 1. The molecule has 1 aromatic carbocycles. The lowest BCUT2D eigenvalue weighted by Gasteiger charge is -2.17. The van der Waals surface area contributed by atoms with Crippen molar-refractivity contribution in [3.05, 3.63) is 28.2 Å².